The summed E-state index contributed by atoms with van der Waals surface area (Å²) < 4.78 is 11.8. The van der Waals surface area contributed by atoms with E-state index in [2.05, 4.69) is 30.4 Å². The lowest BCUT2D eigenvalue weighted by Crippen LogP contribution is -2.37. The molecule has 0 aliphatic carbocycles. The molecular formula is C15H19NO3. The summed E-state index contributed by atoms with van der Waals surface area (Å²) in [7, 11) is 0. The van der Waals surface area contributed by atoms with Crippen LogP contribution in [-0.4, -0.2) is 25.7 Å². The highest BCUT2D eigenvalue weighted by Gasteiger charge is 2.40. The molecule has 1 unspecified atom stereocenters. The molecule has 2 aliphatic heterocycles. The van der Waals surface area contributed by atoms with E-state index in [0.29, 0.717) is 32.8 Å². The Kier molecular flexibility index (Phi) is 3.29. The van der Waals surface area contributed by atoms with Gasteiger partial charge in [-0.25, -0.2) is 0 Å². The smallest absolute Gasteiger partial charge is 0.223 e. The minimum atomic E-state index is -0.613. The van der Waals surface area contributed by atoms with Crippen LogP contribution in [0.2, 0.25) is 0 Å². The maximum atomic E-state index is 12.0. The van der Waals surface area contributed by atoms with Crippen LogP contribution in [0.4, 0.5) is 0 Å². The minimum absolute atomic E-state index is 0.0272. The first kappa shape index (κ1) is 12.6. The molecule has 0 aromatic heterocycles. The second-order valence-electron chi connectivity index (χ2n) is 5.36. The third kappa shape index (κ3) is 2.38. The molecular weight excluding hydrogens is 242 g/mol. The molecule has 1 atom stereocenters. The van der Waals surface area contributed by atoms with Gasteiger partial charge in [0.05, 0.1) is 19.6 Å². The molecule has 4 nitrogen and oxygen atoms in total. The molecule has 2 aliphatic rings. The molecule has 3 rings (SSSR count). The predicted octanol–water partition coefficient (Wildman–Crippen LogP) is 1.65. The second-order valence-corrected chi connectivity index (χ2v) is 5.36. The lowest BCUT2D eigenvalue weighted by molar-refractivity contribution is -0.133. The van der Waals surface area contributed by atoms with Gasteiger partial charge in [0.1, 0.15) is 5.60 Å². The zero-order chi connectivity index (χ0) is 13.3. The van der Waals surface area contributed by atoms with Crippen LogP contribution in [0.1, 0.15) is 29.5 Å². The maximum absolute atomic E-state index is 12.0. The van der Waals surface area contributed by atoms with E-state index in [-0.39, 0.29) is 5.91 Å². The quantitative estimate of drug-likeness (QED) is 0.772. The Hall–Kier alpha value is -1.39. The summed E-state index contributed by atoms with van der Waals surface area (Å²) in [5.74, 6) is 0.0272. The Bertz CT molecular complexity index is 490. The highest BCUT2D eigenvalue weighted by Crippen LogP contribution is 2.36. The van der Waals surface area contributed by atoms with Crippen LogP contribution < -0.4 is 5.32 Å². The van der Waals surface area contributed by atoms with Crippen LogP contribution in [0.5, 0.6) is 0 Å². The molecule has 1 aromatic carbocycles. The van der Waals surface area contributed by atoms with Gasteiger partial charge in [0, 0.05) is 13.2 Å². The second kappa shape index (κ2) is 4.94. The molecule has 19 heavy (non-hydrogen) atoms. The number of rotatable bonds is 0. The number of ether oxygens (including phenoxy) is 2. The lowest BCUT2D eigenvalue weighted by atomic mass is 9.87. The number of benzene rings is 1. The highest BCUT2D eigenvalue weighted by molar-refractivity contribution is 5.78. The normalized spacial score (nSPS) is 27.3. The van der Waals surface area contributed by atoms with Gasteiger partial charge in [-0.1, -0.05) is 23.8 Å². The molecule has 4 heteroatoms. The maximum Gasteiger partial charge on any atom is 0.223 e. The lowest BCUT2D eigenvalue weighted by Gasteiger charge is -2.32. The first-order chi connectivity index (χ1) is 9.20. The van der Waals surface area contributed by atoms with E-state index >= 15 is 0 Å². The number of fused-ring (bicyclic) bond motifs is 2. The van der Waals surface area contributed by atoms with Crippen molar-refractivity contribution in [3.63, 3.8) is 0 Å². The van der Waals surface area contributed by atoms with Crippen molar-refractivity contribution in [2.75, 3.05) is 19.8 Å². The number of amides is 1. The van der Waals surface area contributed by atoms with Crippen LogP contribution in [-0.2, 0) is 26.4 Å². The molecule has 1 saturated heterocycles. The number of carbonyl (C=O) groups excluding carboxylic acids is 1. The van der Waals surface area contributed by atoms with Crippen LogP contribution in [0.3, 0.4) is 0 Å². The van der Waals surface area contributed by atoms with Gasteiger partial charge in [-0.3, -0.25) is 4.79 Å². The first-order valence-corrected chi connectivity index (χ1v) is 6.78. The predicted molar refractivity (Wildman–Crippen MR) is 70.7 cm³/mol. The third-order valence-corrected chi connectivity index (χ3v) is 3.82. The summed E-state index contributed by atoms with van der Waals surface area (Å²) >= 11 is 0. The standard InChI is InChI=1S/C15H19NO3/c1-11-3-4-12-9-16-14(17)8-15(13(12)7-11)10-18-5-2-6-19-15/h3-4,7H,2,5-6,8-10H2,1H3,(H,16,17). The van der Waals surface area contributed by atoms with Gasteiger partial charge in [-0.05, 0) is 24.5 Å². The Labute approximate surface area is 113 Å². The van der Waals surface area contributed by atoms with Crippen molar-refractivity contribution in [1.29, 1.82) is 0 Å². The Balaban J connectivity index is 2.10. The van der Waals surface area contributed by atoms with E-state index in [1.165, 1.54) is 5.56 Å². The minimum Gasteiger partial charge on any atom is -0.378 e. The average Bonchev–Trinajstić information content (AvgIpc) is 2.69. The van der Waals surface area contributed by atoms with Gasteiger partial charge >= 0.3 is 0 Å². The summed E-state index contributed by atoms with van der Waals surface area (Å²) in [4.78, 5) is 12.0. The molecule has 1 N–H and O–H groups in total. The van der Waals surface area contributed by atoms with Gasteiger partial charge in [0.25, 0.3) is 0 Å². The van der Waals surface area contributed by atoms with Crippen LogP contribution in [0, 0.1) is 6.92 Å². The van der Waals surface area contributed by atoms with Gasteiger partial charge in [-0.15, -0.1) is 0 Å². The number of hydrogen-bond acceptors (Lipinski definition) is 3. The molecule has 1 amide bonds. The number of hydrogen-bond donors (Lipinski definition) is 1. The average molecular weight is 261 g/mol. The zero-order valence-corrected chi connectivity index (χ0v) is 11.2. The van der Waals surface area contributed by atoms with Crippen molar-refractivity contribution in [2.45, 2.75) is 31.9 Å². The summed E-state index contributed by atoms with van der Waals surface area (Å²) in [6.45, 7) is 4.42. The van der Waals surface area contributed by atoms with E-state index in [4.69, 9.17) is 9.47 Å². The number of aryl methyl sites for hydroxylation is 1. The molecule has 2 heterocycles. The van der Waals surface area contributed by atoms with Crippen molar-refractivity contribution >= 4 is 5.91 Å². The van der Waals surface area contributed by atoms with Crippen molar-refractivity contribution in [2.24, 2.45) is 0 Å². The van der Waals surface area contributed by atoms with E-state index in [9.17, 15) is 4.79 Å². The van der Waals surface area contributed by atoms with E-state index < -0.39 is 5.60 Å². The molecule has 0 saturated carbocycles. The summed E-state index contributed by atoms with van der Waals surface area (Å²) in [5, 5.41) is 2.94. The van der Waals surface area contributed by atoms with E-state index in [1.54, 1.807) is 0 Å². The topological polar surface area (TPSA) is 47.6 Å². The molecule has 0 bridgehead atoms. The van der Waals surface area contributed by atoms with Gasteiger partial charge < -0.3 is 14.8 Å². The van der Waals surface area contributed by atoms with Crippen LogP contribution in [0.25, 0.3) is 0 Å². The van der Waals surface area contributed by atoms with Gasteiger partial charge in [0.15, 0.2) is 0 Å². The van der Waals surface area contributed by atoms with E-state index in [0.717, 1.165) is 17.5 Å². The number of nitrogens with one attached hydrogen (secondary N) is 1. The Morgan fingerprint density at radius 3 is 3.11 bits per heavy atom. The van der Waals surface area contributed by atoms with Crippen molar-refractivity contribution in [3.05, 3.63) is 34.9 Å². The fourth-order valence-corrected chi connectivity index (χ4v) is 2.84. The monoisotopic (exact) mass is 261 g/mol. The zero-order valence-electron chi connectivity index (χ0n) is 11.2. The highest BCUT2D eigenvalue weighted by atomic mass is 16.6. The SMILES string of the molecule is Cc1ccc2c(c1)C1(COCCCO1)CC(=O)NC2. The fraction of sp³-hybridized carbons (Fsp3) is 0.533. The molecule has 1 fully saturated rings. The summed E-state index contributed by atoms with van der Waals surface area (Å²) in [6.07, 6.45) is 1.22. The van der Waals surface area contributed by atoms with Gasteiger partial charge in [-0.2, -0.15) is 0 Å². The van der Waals surface area contributed by atoms with Gasteiger partial charge in [0.2, 0.25) is 5.91 Å². The summed E-state index contributed by atoms with van der Waals surface area (Å²) in [5.41, 5.74) is 2.80. The summed E-state index contributed by atoms with van der Waals surface area (Å²) in [6, 6.07) is 6.28. The van der Waals surface area contributed by atoms with Crippen molar-refractivity contribution < 1.29 is 14.3 Å². The fourth-order valence-electron chi connectivity index (χ4n) is 2.84. The molecule has 0 radical (unpaired) electrons. The van der Waals surface area contributed by atoms with Crippen molar-refractivity contribution in [3.8, 4) is 0 Å². The largest absolute Gasteiger partial charge is 0.378 e. The van der Waals surface area contributed by atoms with Crippen molar-refractivity contribution in [1.82, 2.24) is 5.32 Å². The molecule has 1 aromatic rings. The van der Waals surface area contributed by atoms with Crippen LogP contribution >= 0.6 is 0 Å². The Morgan fingerprint density at radius 2 is 2.21 bits per heavy atom. The third-order valence-electron chi connectivity index (χ3n) is 3.82. The Morgan fingerprint density at radius 1 is 1.32 bits per heavy atom. The first-order valence-electron chi connectivity index (χ1n) is 6.78. The van der Waals surface area contributed by atoms with Crippen LogP contribution in [0.15, 0.2) is 18.2 Å². The number of carbonyl (C=O) groups is 1. The molecule has 102 valence electrons. The molecule has 1 spiro atoms. The van der Waals surface area contributed by atoms with E-state index in [1.807, 2.05) is 0 Å².